The number of aromatic nitrogens is 4. The van der Waals surface area contributed by atoms with E-state index in [1.165, 1.54) is 50.9 Å². The van der Waals surface area contributed by atoms with E-state index in [2.05, 4.69) is 15.1 Å². The van der Waals surface area contributed by atoms with Crippen molar-refractivity contribution in [2.45, 2.75) is 82.3 Å². The van der Waals surface area contributed by atoms with E-state index in [1.807, 2.05) is 0 Å². The molecule has 2 aliphatic rings. The van der Waals surface area contributed by atoms with Crippen molar-refractivity contribution in [1.29, 1.82) is 0 Å². The van der Waals surface area contributed by atoms with Crippen molar-refractivity contribution in [1.82, 2.24) is 24.6 Å². The second kappa shape index (κ2) is 13.5. The Hall–Kier alpha value is -3.46. The molecular weight excluding hydrogens is 617 g/mol. The predicted octanol–water partition coefficient (Wildman–Crippen LogP) is 6.30. The molecule has 5 rings (SSSR count). The van der Waals surface area contributed by atoms with Crippen LogP contribution in [0, 0.1) is 0 Å². The molecule has 0 unspecified atom stereocenters. The van der Waals surface area contributed by atoms with E-state index in [0.717, 1.165) is 18.9 Å². The van der Waals surface area contributed by atoms with Crippen LogP contribution in [0.4, 0.5) is 33.0 Å². The van der Waals surface area contributed by atoms with Gasteiger partial charge in [-0.05, 0) is 44.4 Å². The third-order valence-electron chi connectivity index (χ3n) is 8.44. The van der Waals surface area contributed by atoms with Gasteiger partial charge in [-0.25, -0.2) is 18.4 Å². The molecule has 2 amide bonds. The zero-order chi connectivity index (χ0) is 32.4. The Balaban J connectivity index is 1.53. The summed E-state index contributed by atoms with van der Waals surface area (Å²) in [5.41, 5.74) is -1.10. The van der Waals surface area contributed by atoms with Crippen molar-refractivity contribution in [3.05, 3.63) is 47.2 Å². The van der Waals surface area contributed by atoms with E-state index in [1.54, 1.807) is 23.5 Å². The number of nitrogens with zero attached hydrogens (tertiary/aromatic N) is 7. The molecule has 45 heavy (non-hydrogen) atoms. The Labute approximate surface area is 262 Å². The first-order chi connectivity index (χ1) is 21.3. The van der Waals surface area contributed by atoms with Gasteiger partial charge in [0, 0.05) is 56.9 Å². The molecule has 0 bridgehead atoms. The van der Waals surface area contributed by atoms with Crippen LogP contribution in [0.3, 0.4) is 0 Å². The normalized spacial score (nSPS) is 18.2. The number of rotatable bonds is 10. The number of para-hydroxylation sites is 1. The van der Waals surface area contributed by atoms with Crippen molar-refractivity contribution in [3.8, 4) is 5.69 Å². The Kier molecular flexibility index (Phi) is 9.87. The summed E-state index contributed by atoms with van der Waals surface area (Å²) in [5, 5.41) is 6.66. The zero-order valence-electron chi connectivity index (χ0n) is 25.1. The van der Waals surface area contributed by atoms with E-state index in [0.29, 0.717) is 36.8 Å². The summed E-state index contributed by atoms with van der Waals surface area (Å²) in [6.07, 6.45) is 0.110. The highest BCUT2D eigenvalue weighted by Crippen LogP contribution is 2.39. The average molecular weight is 654 g/mol. The third kappa shape index (κ3) is 7.68. The molecule has 1 saturated heterocycles. The lowest BCUT2D eigenvalue weighted by molar-refractivity contribution is -0.137. The van der Waals surface area contributed by atoms with E-state index < -0.39 is 36.2 Å². The largest absolute Gasteiger partial charge is 0.418 e. The lowest BCUT2D eigenvalue weighted by atomic mass is 10.0. The molecule has 244 valence electrons. The molecule has 2 fully saturated rings. The summed E-state index contributed by atoms with van der Waals surface area (Å²) in [6.45, 7) is 1.46. The number of hydrogen-bond donors (Lipinski definition) is 0. The number of anilines is 2. The van der Waals surface area contributed by atoms with Crippen LogP contribution >= 0.6 is 11.3 Å². The highest BCUT2D eigenvalue weighted by atomic mass is 32.1. The molecule has 9 nitrogen and oxygen atoms in total. The second-order valence-corrected chi connectivity index (χ2v) is 12.6. The predicted molar refractivity (Wildman–Crippen MR) is 160 cm³/mol. The Morgan fingerprint density at radius 3 is 2.53 bits per heavy atom. The van der Waals surface area contributed by atoms with Crippen LogP contribution in [0.5, 0.6) is 0 Å². The monoisotopic (exact) mass is 653 g/mol. The van der Waals surface area contributed by atoms with Crippen molar-refractivity contribution in [2.75, 3.05) is 36.5 Å². The van der Waals surface area contributed by atoms with E-state index in [-0.39, 0.29) is 49.3 Å². The lowest BCUT2D eigenvalue weighted by Gasteiger charge is -2.35. The molecule has 3 heterocycles. The number of carbonyl (C=O) groups excluding carboxylic acids is 2. The SMILES string of the molecule is CC(=O)N(c1nc(C2CCCC2)n(-c2ccccc2C(F)(F)F)n1)[C@@H](CCN1CCCC(F)(F)C1)CC(=O)N(C)c1nccs1. The van der Waals surface area contributed by atoms with Crippen molar-refractivity contribution in [3.63, 3.8) is 0 Å². The van der Waals surface area contributed by atoms with Gasteiger partial charge in [0.15, 0.2) is 5.13 Å². The fraction of sp³-hybridized carbons (Fsp3) is 0.567. The minimum atomic E-state index is -4.66. The molecular formula is C30H36F5N7O2S. The third-order valence-corrected chi connectivity index (χ3v) is 9.29. The maximum atomic E-state index is 14.2. The molecule has 1 aliphatic carbocycles. The second-order valence-electron chi connectivity index (χ2n) is 11.7. The molecule has 1 aliphatic heterocycles. The first-order valence-electron chi connectivity index (χ1n) is 15.0. The van der Waals surface area contributed by atoms with Gasteiger partial charge < -0.3 is 0 Å². The van der Waals surface area contributed by atoms with Crippen molar-refractivity contribution >= 4 is 34.2 Å². The van der Waals surface area contributed by atoms with Crippen LogP contribution in [0.2, 0.25) is 0 Å². The zero-order valence-corrected chi connectivity index (χ0v) is 26.0. The summed E-state index contributed by atoms with van der Waals surface area (Å²) in [5.74, 6) is -3.72. The molecule has 2 aromatic heterocycles. The van der Waals surface area contributed by atoms with Crippen molar-refractivity contribution < 1.29 is 31.5 Å². The molecule has 1 atom stereocenters. The van der Waals surface area contributed by atoms with Crippen molar-refractivity contribution in [2.24, 2.45) is 0 Å². The molecule has 3 aromatic rings. The van der Waals surface area contributed by atoms with Crippen LogP contribution in [0.1, 0.15) is 75.6 Å². The summed E-state index contributed by atoms with van der Waals surface area (Å²) < 4.78 is 71.9. The number of thiazole rings is 1. The molecule has 1 aromatic carbocycles. The van der Waals surface area contributed by atoms with Gasteiger partial charge >= 0.3 is 6.18 Å². The quantitative estimate of drug-likeness (QED) is 0.239. The van der Waals surface area contributed by atoms with E-state index in [4.69, 9.17) is 0 Å². The summed E-state index contributed by atoms with van der Waals surface area (Å²) in [6, 6.07) is 4.21. The average Bonchev–Trinajstić information content (AvgIpc) is 3.77. The molecule has 0 radical (unpaired) electrons. The van der Waals surface area contributed by atoms with Gasteiger partial charge in [0.1, 0.15) is 5.82 Å². The first-order valence-corrected chi connectivity index (χ1v) is 15.9. The number of carbonyl (C=O) groups is 2. The van der Waals surface area contributed by atoms with Crippen LogP contribution in [0.15, 0.2) is 35.8 Å². The number of hydrogen-bond acceptors (Lipinski definition) is 7. The van der Waals surface area contributed by atoms with Gasteiger partial charge in [-0.15, -0.1) is 16.4 Å². The number of likely N-dealkylation sites (tertiary alicyclic amines) is 1. The molecule has 0 N–H and O–H groups in total. The smallest absolute Gasteiger partial charge is 0.297 e. The van der Waals surface area contributed by atoms with Crippen LogP contribution in [0.25, 0.3) is 5.69 Å². The minimum absolute atomic E-state index is 0.125. The van der Waals surface area contributed by atoms with Gasteiger partial charge in [-0.3, -0.25) is 24.3 Å². The topological polar surface area (TPSA) is 87.5 Å². The van der Waals surface area contributed by atoms with Gasteiger partial charge in [-0.1, -0.05) is 25.0 Å². The van der Waals surface area contributed by atoms with Crippen LogP contribution in [-0.4, -0.2) is 75.1 Å². The minimum Gasteiger partial charge on any atom is -0.297 e. The number of halogens is 5. The lowest BCUT2D eigenvalue weighted by Crippen LogP contribution is -2.47. The fourth-order valence-electron chi connectivity index (χ4n) is 6.22. The number of amides is 2. The maximum Gasteiger partial charge on any atom is 0.418 e. The highest BCUT2D eigenvalue weighted by Gasteiger charge is 2.39. The Morgan fingerprint density at radius 1 is 1.16 bits per heavy atom. The van der Waals surface area contributed by atoms with Crippen LogP contribution in [-0.2, 0) is 15.8 Å². The Bertz CT molecular complexity index is 1470. The maximum absolute atomic E-state index is 14.2. The summed E-state index contributed by atoms with van der Waals surface area (Å²) in [7, 11) is 1.56. The molecule has 1 saturated carbocycles. The number of alkyl halides is 5. The summed E-state index contributed by atoms with van der Waals surface area (Å²) in [4.78, 5) is 39.8. The standard InChI is InChI=1S/C30H36F5N7O2S/c1-20(43)41(22(12-16-40-15-7-13-29(31,32)19-40)18-25(44)39(2)28-36-14-17-45-28)27-37-26(21-8-3-4-9-21)42(38-27)24-11-6-5-10-23(24)30(33,34)35/h5-6,10-11,14,17,21-22H,3-4,7-9,12-13,15-16,18-19H2,1-2H3/t22-/m0/s1. The highest BCUT2D eigenvalue weighted by molar-refractivity contribution is 7.13. The number of piperidine rings is 1. The van der Waals surface area contributed by atoms with Gasteiger partial charge in [0.25, 0.3) is 11.9 Å². The fourth-order valence-corrected chi connectivity index (χ4v) is 6.84. The molecule has 0 spiro atoms. The number of benzene rings is 1. The van der Waals surface area contributed by atoms with Gasteiger partial charge in [0.05, 0.1) is 17.8 Å². The van der Waals surface area contributed by atoms with Gasteiger partial charge in [-0.2, -0.15) is 18.2 Å². The first kappa shape index (κ1) is 32.9. The Morgan fingerprint density at radius 2 is 1.89 bits per heavy atom. The van der Waals surface area contributed by atoms with E-state index in [9.17, 15) is 31.5 Å². The van der Waals surface area contributed by atoms with Crippen LogP contribution < -0.4 is 9.80 Å². The summed E-state index contributed by atoms with van der Waals surface area (Å²) >= 11 is 1.26. The van der Waals surface area contributed by atoms with Gasteiger partial charge in [0.2, 0.25) is 11.8 Å². The molecule has 15 heteroatoms. The van der Waals surface area contributed by atoms with E-state index >= 15 is 0 Å².